The van der Waals surface area contributed by atoms with Crippen LogP contribution in [0, 0.1) is 0 Å². The monoisotopic (exact) mass is 262 g/mol. The first-order valence-electron chi connectivity index (χ1n) is 4.71. The Morgan fingerprint density at radius 1 is 0.933 bits per heavy atom. The average molecular weight is 263 g/mol. The number of hydrogen-bond acceptors (Lipinski definition) is 1. The lowest BCUT2D eigenvalue weighted by molar-refractivity contribution is 0.412. The molecule has 0 aromatic heterocycles. The molecule has 0 saturated heterocycles. The molecule has 0 aliphatic carbocycles. The van der Waals surface area contributed by atoms with E-state index in [9.17, 15) is 0 Å². The molecule has 2 rings (SSSR count). The van der Waals surface area contributed by atoms with Crippen LogP contribution in [0.2, 0.25) is 0 Å². The zero-order chi connectivity index (χ0) is 10.7. The van der Waals surface area contributed by atoms with E-state index >= 15 is 0 Å². The molecule has 0 saturated carbocycles. The van der Waals surface area contributed by atoms with E-state index in [1.807, 2.05) is 30.3 Å². The maximum atomic E-state index is 5.26. The smallest absolute Gasteiger partial charge is 0.133 e. The highest BCUT2D eigenvalue weighted by atomic mass is 79.9. The van der Waals surface area contributed by atoms with Gasteiger partial charge in [-0.25, -0.2) is 0 Å². The maximum Gasteiger partial charge on any atom is 0.133 e. The number of benzene rings is 2. The third-order valence-electron chi connectivity index (χ3n) is 2.27. The quantitative estimate of drug-likeness (QED) is 0.791. The van der Waals surface area contributed by atoms with Gasteiger partial charge in [-0.3, -0.25) is 0 Å². The molecule has 1 nitrogen and oxygen atoms in total. The Hall–Kier alpha value is -1.28. The van der Waals surface area contributed by atoms with Crippen LogP contribution in [-0.4, -0.2) is 7.11 Å². The Labute approximate surface area is 97.8 Å². The molecule has 0 N–H and O–H groups in total. The van der Waals surface area contributed by atoms with Crippen LogP contribution in [0.5, 0.6) is 5.75 Å². The van der Waals surface area contributed by atoms with Gasteiger partial charge < -0.3 is 4.74 Å². The minimum atomic E-state index is 0.858. The summed E-state index contributed by atoms with van der Waals surface area (Å²) >= 11 is 3.55. The van der Waals surface area contributed by atoms with E-state index in [-0.39, 0.29) is 0 Å². The van der Waals surface area contributed by atoms with E-state index < -0.39 is 0 Å². The molecule has 0 aliphatic rings. The molecule has 0 radical (unpaired) electrons. The first kappa shape index (κ1) is 10.2. The van der Waals surface area contributed by atoms with E-state index in [2.05, 4.69) is 34.1 Å². The Kier molecular flexibility index (Phi) is 3.07. The van der Waals surface area contributed by atoms with Gasteiger partial charge in [0.1, 0.15) is 5.75 Å². The largest absolute Gasteiger partial charge is 0.496 e. The second-order valence-corrected chi connectivity index (χ2v) is 3.98. The van der Waals surface area contributed by atoms with Gasteiger partial charge in [0, 0.05) is 0 Å². The average Bonchev–Trinajstić information content (AvgIpc) is 2.30. The summed E-state index contributed by atoms with van der Waals surface area (Å²) in [5.41, 5.74) is 2.33. The number of ether oxygens (including phenoxy) is 1. The third-order valence-corrected chi connectivity index (χ3v) is 3.09. The summed E-state index contributed by atoms with van der Waals surface area (Å²) in [7, 11) is 1.68. The van der Waals surface area contributed by atoms with Crippen molar-refractivity contribution in [3.05, 3.63) is 53.0 Å². The van der Waals surface area contributed by atoms with Crippen molar-refractivity contribution in [3.63, 3.8) is 0 Å². The predicted octanol–water partition coefficient (Wildman–Crippen LogP) is 4.12. The van der Waals surface area contributed by atoms with Crippen LogP contribution in [0.15, 0.2) is 53.0 Å². The Balaban J connectivity index is 2.54. The van der Waals surface area contributed by atoms with Crippen molar-refractivity contribution < 1.29 is 4.74 Å². The zero-order valence-corrected chi connectivity index (χ0v) is 9.99. The molecule has 0 atom stereocenters. The summed E-state index contributed by atoms with van der Waals surface area (Å²) in [4.78, 5) is 0. The second kappa shape index (κ2) is 4.49. The predicted molar refractivity (Wildman–Crippen MR) is 66.1 cm³/mol. The summed E-state index contributed by atoms with van der Waals surface area (Å²) in [6.45, 7) is 0. The van der Waals surface area contributed by atoms with Crippen LogP contribution in [0.1, 0.15) is 0 Å². The molecule has 0 aliphatic heterocycles. The molecule has 2 aromatic carbocycles. The van der Waals surface area contributed by atoms with Gasteiger partial charge in [-0.15, -0.1) is 0 Å². The first-order chi connectivity index (χ1) is 7.33. The lowest BCUT2D eigenvalue weighted by Crippen LogP contribution is -1.86. The maximum absolute atomic E-state index is 5.26. The molecular weight excluding hydrogens is 252 g/mol. The molecule has 0 unspecified atom stereocenters. The van der Waals surface area contributed by atoms with Crippen LogP contribution in [0.3, 0.4) is 0 Å². The lowest BCUT2D eigenvalue weighted by Gasteiger charge is -2.08. The first-order valence-corrected chi connectivity index (χ1v) is 5.50. The summed E-state index contributed by atoms with van der Waals surface area (Å²) < 4.78 is 6.26. The van der Waals surface area contributed by atoms with Gasteiger partial charge in [-0.1, -0.05) is 42.5 Å². The molecule has 0 amide bonds. The number of rotatable bonds is 2. The minimum absolute atomic E-state index is 0.858. The van der Waals surface area contributed by atoms with E-state index in [1.54, 1.807) is 7.11 Å². The van der Waals surface area contributed by atoms with Crippen molar-refractivity contribution in [1.29, 1.82) is 0 Å². The summed E-state index contributed by atoms with van der Waals surface area (Å²) in [5.74, 6) is 0.858. The molecule has 2 aromatic rings. The molecule has 0 fully saturated rings. The lowest BCUT2D eigenvalue weighted by atomic mass is 10.1. The van der Waals surface area contributed by atoms with E-state index in [0.29, 0.717) is 0 Å². The van der Waals surface area contributed by atoms with Crippen LogP contribution in [0.25, 0.3) is 11.1 Å². The molecular formula is C13H11BrO. The van der Waals surface area contributed by atoms with Crippen molar-refractivity contribution >= 4 is 15.9 Å². The van der Waals surface area contributed by atoms with Gasteiger partial charge in [0.25, 0.3) is 0 Å². The second-order valence-electron chi connectivity index (χ2n) is 3.19. The normalized spacial score (nSPS) is 10.0. The van der Waals surface area contributed by atoms with Gasteiger partial charge in [0.2, 0.25) is 0 Å². The van der Waals surface area contributed by atoms with Gasteiger partial charge in [0.15, 0.2) is 0 Å². The standard InChI is InChI=1S/C13H11BrO/c1-15-12-9-5-8-11(13(12)14)10-6-3-2-4-7-10/h2-9H,1H3. The Morgan fingerprint density at radius 3 is 2.33 bits per heavy atom. The molecule has 2 heteroatoms. The number of halogens is 1. The van der Waals surface area contributed by atoms with Crippen molar-refractivity contribution in [2.45, 2.75) is 0 Å². The van der Waals surface area contributed by atoms with Crippen LogP contribution < -0.4 is 4.74 Å². The summed E-state index contributed by atoms with van der Waals surface area (Å²) in [6.07, 6.45) is 0. The fourth-order valence-electron chi connectivity index (χ4n) is 1.51. The zero-order valence-electron chi connectivity index (χ0n) is 8.41. The number of methoxy groups -OCH3 is 1. The molecule has 76 valence electrons. The fourth-order valence-corrected chi connectivity index (χ4v) is 2.16. The fraction of sp³-hybridized carbons (Fsp3) is 0.0769. The molecule has 0 spiro atoms. The van der Waals surface area contributed by atoms with Crippen molar-refractivity contribution in [2.75, 3.05) is 7.11 Å². The highest BCUT2D eigenvalue weighted by Crippen LogP contribution is 2.34. The molecule has 0 heterocycles. The molecule has 15 heavy (non-hydrogen) atoms. The molecule has 0 bridgehead atoms. The number of hydrogen-bond donors (Lipinski definition) is 0. The highest BCUT2D eigenvalue weighted by molar-refractivity contribution is 9.10. The van der Waals surface area contributed by atoms with Crippen LogP contribution in [-0.2, 0) is 0 Å². The SMILES string of the molecule is COc1cccc(-c2ccccc2)c1Br. The van der Waals surface area contributed by atoms with Crippen molar-refractivity contribution in [2.24, 2.45) is 0 Å². The summed E-state index contributed by atoms with van der Waals surface area (Å²) in [6, 6.07) is 16.2. The van der Waals surface area contributed by atoms with Crippen molar-refractivity contribution in [1.82, 2.24) is 0 Å². The minimum Gasteiger partial charge on any atom is -0.496 e. The topological polar surface area (TPSA) is 9.23 Å². The van der Waals surface area contributed by atoms with Crippen LogP contribution >= 0.6 is 15.9 Å². The van der Waals surface area contributed by atoms with Gasteiger partial charge in [0.05, 0.1) is 11.6 Å². The summed E-state index contributed by atoms with van der Waals surface area (Å²) in [5, 5.41) is 0. The van der Waals surface area contributed by atoms with Crippen LogP contribution in [0.4, 0.5) is 0 Å². The van der Waals surface area contributed by atoms with Crippen molar-refractivity contribution in [3.8, 4) is 16.9 Å². The van der Waals surface area contributed by atoms with Gasteiger partial charge >= 0.3 is 0 Å². The van der Waals surface area contributed by atoms with Gasteiger partial charge in [-0.05, 0) is 33.1 Å². The van der Waals surface area contributed by atoms with E-state index in [1.165, 1.54) is 5.56 Å². The van der Waals surface area contributed by atoms with E-state index in [0.717, 1.165) is 15.8 Å². The third kappa shape index (κ3) is 2.05. The van der Waals surface area contributed by atoms with E-state index in [4.69, 9.17) is 4.74 Å². The van der Waals surface area contributed by atoms with Gasteiger partial charge in [-0.2, -0.15) is 0 Å². The highest BCUT2D eigenvalue weighted by Gasteiger charge is 2.06. The Morgan fingerprint density at radius 2 is 1.67 bits per heavy atom. The Bertz CT molecular complexity index is 451.